The van der Waals surface area contributed by atoms with Crippen LogP contribution in [0.2, 0.25) is 0 Å². The molecule has 0 spiro atoms. The van der Waals surface area contributed by atoms with E-state index >= 15 is 0 Å². The Morgan fingerprint density at radius 3 is 2.58 bits per heavy atom. The highest BCUT2D eigenvalue weighted by atomic mass is 79.9. The van der Waals surface area contributed by atoms with E-state index in [0.29, 0.717) is 13.1 Å². The van der Waals surface area contributed by atoms with Gasteiger partial charge in [-0.3, -0.25) is 4.79 Å². The monoisotopic (exact) mass is 407 g/mol. The van der Waals surface area contributed by atoms with Gasteiger partial charge in [0.05, 0.1) is 0 Å². The fourth-order valence-electron chi connectivity index (χ4n) is 3.05. The van der Waals surface area contributed by atoms with E-state index in [0.717, 1.165) is 26.7 Å². The lowest BCUT2D eigenvalue weighted by Crippen LogP contribution is -2.29. The highest BCUT2D eigenvalue weighted by molar-refractivity contribution is 9.10. The SMILES string of the molecule is N#Cc1ncn(CC(=O)N2Cc3ccc(-c4ccc(Br)cc4)cc3C2)n1. The molecule has 0 radical (unpaired) electrons. The number of hydrogen-bond donors (Lipinski definition) is 0. The van der Waals surface area contributed by atoms with Crippen LogP contribution >= 0.6 is 15.9 Å². The van der Waals surface area contributed by atoms with E-state index in [1.807, 2.05) is 18.2 Å². The molecule has 2 heterocycles. The second-order valence-corrected chi connectivity index (χ2v) is 7.03. The Hall–Kier alpha value is -2.98. The smallest absolute Gasteiger partial charge is 0.252 e. The van der Waals surface area contributed by atoms with Crippen molar-refractivity contribution in [1.82, 2.24) is 19.7 Å². The van der Waals surface area contributed by atoms with E-state index in [1.54, 1.807) is 4.90 Å². The van der Waals surface area contributed by atoms with Gasteiger partial charge in [0.1, 0.15) is 18.9 Å². The number of carbonyl (C=O) groups is 1. The van der Waals surface area contributed by atoms with Crippen molar-refractivity contribution in [2.24, 2.45) is 0 Å². The second-order valence-electron chi connectivity index (χ2n) is 6.12. The summed E-state index contributed by atoms with van der Waals surface area (Å²) in [5.41, 5.74) is 4.61. The van der Waals surface area contributed by atoms with Crippen LogP contribution < -0.4 is 0 Å². The van der Waals surface area contributed by atoms with Crippen LogP contribution in [0.5, 0.6) is 0 Å². The minimum absolute atomic E-state index is 0.0409. The highest BCUT2D eigenvalue weighted by Crippen LogP contribution is 2.29. The first-order chi connectivity index (χ1) is 12.6. The molecule has 128 valence electrons. The first-order valence-corrected chi connectivity index (χ1v) is 8.87. The zero-order valence-corrected chi connectivity index (χ0v) is 15.3. The number of fused-ring (bicyclic) bond motifs is 1. The van der Waals surface area contributed by atoms with Crippen LogP contribution in [0.1, 0.15) is 17.0 Å². The average Bonchev–Trinajstić information content (AvgIpc) is 3.28. The number of hydrogen-bond acceptors (Lipinski definition) is 4. The summed E-state index contributed by atoms with van der Waals surface area (Å²) in [6.45, 7) is 1.26. The normalized spacial score (nSPS) is 12.7. The summed E-state index contributed by atoms with van der Waals surface area (Å²) in [7, 11) is 0. The van der Waals surface area contributed by atoms with Gasteiger partial charge in [-0.25, -0.2) is 9.67 Å². The predicted molar refractivity (Wildman–Crippen MR) is 98.6 cm³/mol. The predicted octanol–water partition coefficient (Wildman–Crippen LogP) is 3.12. The lowest BCUT2D eigenvalue weighted by atomic mass is 10.0. The van der Waals surface area contributed by atoms with Gasteiger partial charge < -0.3 is 4.90 Å². The lowest BCUT2D eigenvalue weighted by molar-refractivity contribution is -0.132. The van der Waals surface area contributed by atoms with Crippen molar-refractivity contribution in [1.29, 1.82) is 5.26 Å². The van der Waals surface area contributed by atoms with E-state index in [-0.39, 0.29) is 18.3 Å². The van der Waals surface area contributed by atoms with Crippen LogP contribution in [0.15, 0.2) is 53.3 Å². The molecule has 0 unspecified atom stereocenters. The minimum Gasteiger partial charge on any atom is -0.332 e. The van der Waals surface area contributed by atoms with E-state index in [4.69, 9.17) is 5.26 Å². The highest BCUT2D eigenvalue weighted by Gasteiger charge is 2.24. The molecule has 0 saturated heterocycles. The minimum atomic E-state index is -0.0409. The third kappa shape index (κ3) is 3.24. The number of amides is 1. The summed E-state index contributed by atoms with van der Waals surface area (Å²) >= 11 is 3.45. The molecular formula is C19H14BrN5O. The molecule has 0 bridgehead atoms. The van der Waals surface area contributed by atoms with Gasteiger partial charge in [0, 0.05) is 17.6 Å². The Balaban J connectivity index is 1.49. The molecule has 1 aliphatic rings. The standard InChI is InChI=1S/C19H14BrN5O/c20-17-5-3-13(4-6-17)14-1-2-15-9-24(10-16(15)7-14)19(26)11-25-12-22-18(8-21)23-25/h1-7,12H,9-11H2. The van der Waals surface area contributed by atoms with Gasteiger partial charge >= 0.3 is 0 Å². The maximum absolute atomic E-state index is 12.5. The van der Waals surface area contributed by atoms with Gasteiger partial charge in [-0.2, -0.15) is 5.26 Å². The molecule has 0 saturated carbocycles. The van der Waals surface area contributed by atoms with E-state index in [1.165, 1.54) is 11.0 Å². The van der Waals surface area contributed by atoms with E-state index < -0.39 is 0 Å². The molecule has 0 N–H and O–H groups in total. The summed E-state index contributed by atoms with van der Waals surface area (Å²) in [6.07, 6.45) is 1.41. The van der Waals surface area contributed by atoms with Crippen LogP contribution in [0.3, 0.4) is 0 Å². The summed E-state index contributed by atoms with van der Waals surface area (Å²) < 4.78 is 2.45. The van der Waals surface area contributed by atoms with Crippen molar-refractivity contribution >= 4 is 21.8 Å². The van der Waals surface area contributed by atoms with Crippen LogP contribution in [-0.2, 0) is 24.4 Å². The summed E-state index contributed by atoms with van der Waals surface area (Å²) in [4.78, 5) is 18.1. The molecule has 2 aromatic carbocycles. The van der Waals surface area contributed by atoms with Crippen molar-refractivity contribution in [2.75, 3.05) is 0 Å². The topological polar surface area (TPSA) is 74.8 Å². The van der Waals surface area contributed by atoms with Crippen molar-refractivity contribution < 1.29 is 4.79 Å². The molecule has 1 aromatic heterocycles. The van der Waals surface area contributed by atoms with E-state index in [9.17, 15) is 4.79 Å². The second kappa shape index (κ2) is 6.73. The lowest BCUT2D eigenvalue weighted by Gasteiger charge is -2.14. The maximum atomic E-state index is 12.5. The van der Waals surface area contributed by atoms with Crippen LogP contribution in [0.25, 0.3) is 11.1 Å². The Morgan fingerprint density at radius 2 is 1.85 bits per heavy atom. The van der Waals surface area contributed by atoms with Gasteiger partial charge in [-0.05, 0) is 40.5 Å². The zero-order chi connectivity index (χ0) is 18.1. The Kier molecular flexibility index (Phi) is 4.27. The van der Waals surface area contributed by atoms with Gasteiger partial charge in [0.25, 0.3) is 5.82 Å². The Bertz CT molecular complexity index is 1020. The van der Waals surface area contributed by atoms with Crippen LogP contribution in [-0.4, -0.2) is 25.6 Å². The molecule has 4 rings (SSSR count). The van der Waals surface area contributed by atoms with Gasteiger partial charge in [0.15, 0.2) is 0 Å². The number of carbonyl (C=O) groups excluding carboxylic acids is 1. The van der Waals surface area contributed by atoms with Crippen molar-refractivity contribution in [2.45, 2.75) is 19.6 Å². The molecule has 1 aliphatic heterocycles. The average molecular weight is 408 g/mol. The molecule has 0 aliphatic carbocycles. The molecule has 0 fully saturated rings. The van der Waals surface area contributed by atoms with Crippen molar-refractivity contribution in [3.8, 4) is 17.2 Å². The van der Waals surface area contributed by atoms with E-state index in [2.05, 4.69) is 56.3 Å². The number of nitrogens with zero attached hydrogens (tertiary/aromatic N) is 5. The Morgan fingerprint density at radius 1 is 1.12 bits per heavy atom. The molecule has 0 atom stereocenters. The van der Waals surface area contributed by atoms with Gasteiger partial charge in [0.2, 0.25) is 5.91 Å². The van der Waals surface area contributed by atoms with Crippen molar-refractivity contribution in [3.63, 3.8) is 0 Å². The molecule has 6 nitrogen and oxygen atoms in total. The third-order valence-electron chi connectivity index (χ3n) is 4.39. The fraction of sp³-hybridized carbons (Fsp3) is 0.158. The number of nitriles is 1. The van der Waals surface area contributed by atoms with Crippen LogP contribution in [0, 0.1) is 11.3 Å². The number of benzene rings is 2. The maximum Gasteiger partial charge on any atom is 0.252 e. The molecular weight excluding hydrogens is 394 g/mol. The van der Waals surface area contributed by atoms with Crippen molar-refractivity contribution in [3.05, 3.63) is 70.2 Å². The fourth-order valence-corrected chi connectivity index (χ4v) is 3.32. The largest absolute Gasteiger partial charge is 0.332 e. The number of aromatic nitrogens is 3. The summed E-state index contributed by atoms with van der Waals surface area (Å²) in [6, 6.07) is 16.4. The van der Waals surface area contributed by atoms with Gasteiger partial charge in [-0.1, -0.05) is 40.2 Å². The number of rotatable bonds is 3. The summed E-state index contributed by atoms with van der Waals surface area (Å²) in [5, 5.41) is 12.7. The number of halogens is 1. The molecule has 1 amide bonds. The first kappa shape index (κ1) is 16.5. The third-order valence-corrected chi connectivity index (χ3v) is 4.92. The molecule has 7 heteroatoms. The quantitative estimate of drug-likeness (QED) is 0.668. The molecule has 3 aromatic rings. The Labute approximate surface area is 158 Å². The zero-order valence-electron chi connectivity index (χ0n) is 13.8. The van der Waals surface area contributed by atoms with Gasteiger partial charge in [-0.15, -0.1) is 5.10 Å². The molecule has 26 heavy (non-hydrogen) atoms. The first-order valence-electron chi connectivity index (χ1n) is 8.07. The summed E-state index contributed by atoms with van der Waals surface area (Å²) in [5.74, 6) is 0.0300. The van der Waals surface area contributed by atoms with Crippen LogP contribution in [0.4, 0.5) is 0 Å².